The molecule has 138 valence electrons. The van der Waals surface area contributed by atoms with Gasteiger partial charge in [-0.05, 0) is 35.9 Å². The molecule has 0 saturated carbocycles. The zero-order valence-corrected chi connectivity index (χ0v) is 15.5. The summed E-state index contributed by atoms with van der Waals surface area (Å²) in [5, 5.41) is 0. The van der Waals surface area contributed by atoms with Crippen molar-refractivity contribution in [1.29, 1.82) is 0 Å². The predicted octanol–water partition coefficient (Wildman–Crippen LogP) is 1.38. The van der Waals surface area contributed by atoms with Crippen LogP contribution in [0.3, 0.4) is 0 Å². The number of hydrogen-bond acceptors (Lipinski definition) is 5. The third-order valence-electron chi connectivity index (χ3n) is 4.38. The van der Waals surface area contributed by atoms with Crippen molar-refractivity contribution in [2.24, 2.45) is 0 Å². The second-order valence-corrected chi connectivity index (χ2v) is 8.20. The summed E-state index contributed by atoms with van der Waals surface area (Å²) >= 11 is 0. The Balaban J connectivity index is 1.66. The fourth-order valence-corrected chi connectivity index (χ4v) is 3.97. The topological polar surface area (TPSA) is 79.8 Å². The van der Waals surface area contributed by atoms with Gasteiger partial charge in [0, 0.05) is 37.6 Å². The maximum atomic E-state index is 12.5. The Morgan fingerprint density at radius 3 is 2.50 bits per heavy atom. The van der Waals surface area contributed by atoms with Gasteiger partial charge in [0.1, 0.15) is 5.75 Å². The average molecular weight is 375 g/mol. The molecular weight excluding hydrogens is 354 g/mol. The van der Waals surface area contributed by atoms with Gasteiger partial charge in [-0.1, -0.05) is 6.07 Å². The normalized spacial score (nSPS) is 15.0. The summed E-state index contributed by atoms with van der Waals surface area (Å²) < 4.78 is 30.9. The van der Waals surface area contributed by atoms with Crippen LogP contribution in [0, 0.1) is 0 Å². The fourth-order valence-electron chi connectivity index (χ4n) is 2.91. The first kappa shape index (κ1) is 18.3. The van der Waals surface area contributed by atoms with Gasteiger partial charge in [0.2, 0.25) is 10.0 Å². The van der Waals surface area contributed by atoms with Gasteiger partial charge in [-0.3, -0.25) is 9.78 Å². The van der Waals surface area contributed by atoms with E-state index in [0.29, 0.717) is 24.4 Å². The van der Waals surface area contributed by atoms with Crippen LogP contribution in [0.4, 0.5) is 0 Å². The monoisotopic (exact) mass is 375 g/mol. The molecule has 1 fully saturated rings. The molecule has 7 nitrogen and oxygen atoms in total. The summed E-state index contributed by atoms with van der Waals surface area (Å²) in [5.41, 5.74) is 1.38. The Morgan fingerprint density at radius 2 is 1.96 bits per heavy atom. The van der Waals surface area contributed by atoms with E-state index in [2.05, 4.69) is 4.98 Å². The molecule has 0 spiro atoms. The number of carbonyl (C=O) groups is 1. The number of hydrogen-bond donors (Lipinski definition) is 0. The standard InChI is InChI=1S/C18H21N3O4S/c1-25-17-7-5-15(6-8-17)18(22)20-12-16(13-20)21(26(2,23)24)11-14-4-3-9-19-10-14/h3-10,16H,11-13H2,1-2H3. The molecule has 0 aliphatic carbocycles. The molecule has 0 N–H and O–H groups in total. The Bertz CT molecular complexity index is 863. The highest BCUT2D eigenvalue weighted by Crippen LogP contribution is 2.23. The van der Waals surface area contributed by atoms with Crippen molar-refractivity contribution in [2.75, 3.05) is 26.5 Å². The number of methoxy groups -OCH3 is 1. The molecule has 2 heterocycles. The number of rotatable bonds is 6. The second-order valence-electron chi connectivity index (χ2n) is 6.26. The Kier molecular flexibility index (Phi) is 5.24. The number of ether oxygens (including phenoxy) is 1. The van der Waals surface area contributed by atoms with E-state index in [0.717, 1.165) is 5.56 Å². The molecule has 3 rings (SSSR count). The molecule has 0 atom stereocenters. The van der Waals surface area contributed by atoms with Crippen LogP contribution in [0.25, 0.3) is 0 Å². The smallest absolute Gasteiger partial charge is 0.253 e. The van der Waals surface area contributed by atoms with E-state index >= 15 is 0 Å². The molecule has 1 aliphatic heterocycles. The SMILES string of the molecule is COc1ccc(C(=O)N2CC(N(Cc3cccnc3)S(C)(=O)=O)C2)cc1. The number of pyridine rings is 1. The van der Waals surface area contributed by atoms with Gasteiger partial charge in [-0.2, -0.15) is 4.31 Å². The van der Waals surface area contributed by atoms with Crippen LogP contribution in [0.15, 0.2) is 48.8 Å². The van der Waals surface area contributed by atoms with Gasteiger partial charge < -0.3 is 9.64 Å². The van der Waals surface area contributed by atoms with Crippen molar-refractivity contribution in [1.82, 2.24) is 14.2 Å². The second kappa shape index (κ2) is 7.43. The zero-order chi connectivity index (χ0) is 18.7. The molecular formula is C18H21N3O4S. The highest BCUT2D eigenvalue weighted by Gasteiger charge is 2.39. The lowest BCUT2D eigenvalue weighted by molar-refractivity contribution is 0.0443. The maximum Gasteiger partial charge on any atom is 0.253 e. The van der Waals surface area contributed by atoms with Gasteiger partial charge >= 0.3 is 0 Å². The molecule has 0 bridgehead atoms. The first-order chi connectivity index (χ1) is 12.4. The zero-order valence-electron chi connectivity index (χ0n) is 14.7. The lowest BCUT2D eigenvalue weighted by Crippen LogP contribution is -2.61. The van der Waals surface area contributed by atoms with Crippen LogP contribution < -0.4 is 4.74 Å². The van der Waals surface area contributed by atoms with Gasteiger partial charge in [-0.15, -0.1) is 0 Å². The number of nitrogens with zero attached hydrogens (tertiary/aromatic N) is 3. The number of aromatic nitrogens is 1. The summed E-state index contributed by atoms with van der Waals surface area (Å²) in [6, 6.07) is 10.3. The first-order valence-electron chi connectivity index (χ1n) is 8.17. The van der Waals surface area contributed by atoms with E-state index in [1.165, 1.54) is 10.6 Å². The van der Waals surface area contributed by atoms with Crippen LogP contribution in [0.5, 0.6) is 5.75 Å². The number of amides is 1. The molecule has 1 aromatic heterocycles. The summed E-state index contributed by atoms with van der Waals surface area (Å²) in [7, 11) is -1.83. The minimum Gasteiger partial charge on any atom is -0.497 e. The molecule has 1 saturated heterocycles. The van der Waals surface area contributed by atoms with Crippen molar-refractivity contribution in [2.45, 2.75) is 12.6 Å². The van der Waals surface area contributed by atoms with Gasteiger partial charge in [0.05, 0.1) is 19.4 Å². The van der Waals surface area contributed by atoms with Crippen LogP contribution in [0.1, 0.15) is 15.9 Å². The van der Waals surface area contributed by atoms with Crippen LogP contribution in [-0.2, 0) is 16.6 Å². The first-order valence-corrected chi connectivity index (χ1v) is 10.0. The molecule has 0 unspecified atom stereocenters. The third kappa shape index (κ3) is 4.03. The number of likely N-dealkylation sites (tertiary alicyclic amines) is 1. The van der Waals surface area contributed by atoms with E-state index < -0.39 is 10.0 Å². The highest BCUT2D eigenvalue weighted by atomic mass is 32.2. The Hall–Kier alpha value is -2.45. The van der Waals surface area contributed by atoms with Crippen molar-refractivity contribution in [3.63, 3.8) is 0 Å². The molecule has 26 heavy (non-hydrogen) atoms. The van der Waals surface area contributed by atoms with E-state index in [4.69, 9.17) is 4.74 Å². The number of benzene rings is 1. The van der Waals surface area contributed by atoms with Crippen molar-refractivity contribution in [3.8, 4) is 5.75 Å². The third-order valence-corrected chi connectivity index (χ3v) is 5.66. The fraction of sp³-hybridized carbons (Fsp3) is 0.333. The summed E-state index contributed by atoms with van der Waals surface area (Å²) in [4.78, 5) is 18.2. The van der Waals surface area contributed by atoms with E-state index in [9.17, 15) is 13.2 Å². The molecule has 2 aromatic rings. The minimum atomic E-state index is -3.39. The largest absolute Gasteiger partial charge is 0.497 e. The maximum absolute atomic E-state index is 12.5. The highest BCUT2D eigenvalue weighted by molar-refractivity contribution is 7.88. The summed E-state index contributed by atoms with van der Waals surface area (Å²) in [5.74, 6) is 0.571. The van der Waals surface area contributed by atoms with Gasteiger partial charge in [-0.25, -0.2) is 8.42 Å². The molecule has 1 amide bonds. The van der Waals surface area contributed by atoms with E-state index in [1.54, 1.807) is 54.7 Å². The van der Waals surface area contributed by atoms with Crippen molar-refractivity contribution >= 4 is 15.9 Å². The molecule has 1 aromatic carbocycles. The molecule has 0 radical (unpaired) electrons. The average Bonchev–Trinajstić information content (AvgIpc) is 2.59. The lowest BCUT2D eigenvalue weighted by atomic mass is 10.1. The van der Waals surface area contributed by atoms with Crippen molar-refractivity contribution in [3.05, 3.63) is 59.9 Å². The van der Waals surface area contributed by atoms with Crippen LogP contribution in [0.2, 0.25) is 0 Å². The Morgan fingerprint density at radius 1 is 1.27 bits per heavy atom. The van der Waals surface area contributed by atoms with Crippen LogP contribution >= 0.6 is 0 Å². The molecule has 1 aliphatic rings. The number of sulfonamides is 1. The van der Waals surface area contributed by atoms with Crippen LogP contribution in [-0.4, -0.2) is 61.0 Å². The van der Waals surface area contributed by atoms with E-state index in [1.807, 2.05) is 6.07 Å². The molecule has 8 heteroatoms. The van der Waals surface area contributed by atoms with E-state index in [-0.39, 0.29) is 18.5 Å². The Labute approximate surface area is 153 Å². The minimum absolute atomic E-state index is 0.112. The quantitative estimate of drug-likeness (QED) is 0.762. The van der Waals surface area contributed by atoms with Gasteiger partial charge in [0.15, 0.2) is 0 Å². The predicted molar refractivity (Wildman–Crippen MR) is 97.3 cm³/mol. The van der Waals surface area contributed by atoms with Gasteiger partial charge in [0.25, 0.3) is 5.91 Å². The van der Waals surface area contributed by atoms with Crippen molar-refractivity contribution < 1.29 is 17.9 Å². The summed E-state index contributed by atoms with van der Waals surface area (Å²) in [6.45, 7) is 0.998. The number of carbonyl (C=O) groups excluding carboxylic acids is 1. The lowest BCUT2D eigenvalue weighted by Gasteiger charge is -2.44. The summed E-state index contributed by atoms with van der Waals surface area (Å²) in [6.07, 6.45) is 4.49.